The molecular weight excluding hydrogens is 215 g/mol. The van der Waals surface area contributed by atoms with Gasteiger partial charge in [-0.15, -0.1) is 0 Å². The molecule has 1 aromatic carbocycles. The fourth-order valence-corrected chi connectivity index (χ4v) is 1.73. The molecule has 0 heterocycles. The van der Waals surface area contributed by atoms with Crippen molar-refractivity contribution in [3.8, 4) is 5.75 Å². The molecule has 0 bridgehead atoms. The van der Waals surface area contributed by atoms with Gasteiger partial charge in [0.1, 0.15) is 0 Å². The van der Waals surface area contributed by atoms with Crippen LogP contribution >= 0.6 is 30.2 Å². The summed E-state index contributed by atoms with van der Waals surface area (Å²) in [6.07, 6.45) is 0. The zero-order valence-corrected chi connectivity index (χ0v) is 8.71. The maximum absolute atomic E-state index is 9.13. The molecule has 0 radical (unpaired) electrons. The topological polar surface area (TPSA) is 49.7 Å². The normalized spacial score (nSPS) is 14.8. The Hall–Kier alpha value is 0.0700. The van der Waals surface area contributed by atoms with Crippen LogP contribution in [0.2, 0.25) is 0 Å². The Balaban J connectivity index is 2.79. The van der Waals surface area contributed by atoms with E-state index < -0.39 is 5.69 Å². The van der Waals surface area contributed by atoms with Crippen LogP contribution in [0.1, 0.15) is 0 Å². The minimum atomic E-state index is -4.47. The standard InChI is InChI=1S/C6H9O3PS2/c7-10(8,11,12)9-6-4-2-1-3-5-6/h1-5,7-8,11-12H. The van der Waals surface area contributed by atoms with E-state index in [4.69, 9.17) is 14.3 Å². The van der Waals surface area contributed by atoms with Crippen LogP contribution in [0.25, 0.3) is 0 Å². The van der Waals surface area contributed by atoms with Gasteiger partial charge in [-0.25, -0.2) is 0 Å². The average molecular weight is 224 g/mol. The molecule has 6 heteroatoms. The third-order valence-corrected chi connectivity index (χ3v) is 2.04. The second kappa shape index (κ2) is 3.09. The zero-order chi connectivity index (χ0) is 9.27. The maximum atomic E-state index is 9.13. The Morgan fingerprint density at radius 1 is 1.08 bits per heavy atom. The van der Waals surface area contributed by atoms with Crippen molar-refractivity contribution in [2.45, 2.75) is 0 Å². The Labute approximate surface area is 80.9 Å². The van der Waals surface area contributed by atoms with Gasteiger partial charge in [0.15, 0.2) is 0 Å². The van der Waals surface area contributed by atoms with E-state index in [1.54, 1.807) is 30.3 Å². The second-order valence-electron chi connectivity index (χ2n) is 2.27. The first-order chi connectivity index (χ1) is 5.33. The number of hydrogen-bond donors (Lipinski definition) is 4. The van der Waals surface area contributed by atoms with Gasteiger partial charge in [0.25, 0.3) is 0 Å². The molecule has 0 aliphatic rings. The summed E-state index contributed by atoms with van der Waals surface area (Å²) in [6.45, 7) is 0. The average Bonchev–Trinajstić information content (AvgIpc) is 1.83. The molecule has 2 N–H and O–H groups in total. The van der Waals surface area contributed by atoms with E-state index in [1.807, 2.05) is 0 Å². The Bertz CT molecular complexity index is 260. The SMILES string of the molecule is OP(O)(S)(S)Oc1ccccc1. The van der Waals surface area contributed by atoms with Crippen LogP contribution < -0.4 is 4.52 Å². The zero-order valence-electron chi connectivity index (χ0n) is 6.03. The molecule has 68 valence electrons. The van der Waals surface area contributed by atoms with Gasteiger partial charge in [-0.3, -0.25) is 0 Å². The second-order valence-corrected chi connectivity index (χ2v) is 9.45. The fraction of sp³-hybridized carbons (Fsp3) is 0. The van der Waals surface area contributed by atoms with Crippen molar-refractivity contribution in [3.63, 3.8) is 0 Å². The van der Waals surface area contributed by atoms with E-state index in [-0.39, 0.29) is 0 Å². The number of benzene rings is 1. The summed E-state index contributed by atoms with van der Waals surface area (Å²) in [5.74, 6) is 0.324. The van der Waals surface area contributed by atoms with Gasteiger partial charge in [0, 0.05) is 0 Å². The first-order valence-electron chi connectivity index (χ1n) is 3.10. The molecule has 1 aromatic rings. The van der Waals surface area contributed by atoms with E-state index in [0.717, 1.165) is 0 Å². The van der Waals surface area contributed by atoms with Crippen LogP contribution in [0.3, 0.4) is 0 Å². The third kappa shape index (κ3) is 4.18. The molecule has 12 heavy (non-hydrogen) atoms. The van der Waals surface area contributed by atoms with Gasteiger partial charge in [0.05, 0.1) is 0 Å². The Morgan fingerprint density at radius 2 is 1.58 bits per heavy atom. The van der Waals surface area contributed by atoms with Crippen molar-refractivity contribution in [2.24, 2.45) is 0 Å². The van der Waals surface area contributed by atoms with E-state index in [0.29, 0.717) is 5.75 Å². The van der Waals surface area contributed by atoms with E-state index in [1.165, 1.54) is 0 Å². The fourth-order valence-electron chi connectivity index (χ4n) is 0.670. The van der Waals surface area contributed by atoms with Crippen molar-refractivity contribution in [3.05, 3.63) is 30.3 Å². The molecular formula is C6H9O3PS2. The van der Waals surface area contributed by atoms with E-state index in [2.05, 4.69) is 24.5 Å². The summed E-state index contributed by atoms with van der Waals surface area (Å²) in [4.78, 5) is 18.3. The summed E-state index contributed by atoms with van der Waals surface area (Å²) in [7, 11) is 0. The van der Waals surface area contributed by atoms with E-state index in [9.17, 15) is 0 Å². The van der Waals surface area contributed by atoms with Crippen LogP contribution in [0.5, 0.6) is 5.75 Å². The molecule has 0 saturated heterocycles. The van der Waals surface area contributed by atoms with Gasteiger partial charge in [-0.2, -0.15) is 0 Å². The van der Waals surface area contributed by atoms with Crippen molar-refractivity contribution in [1.82, 2.24) is 0 Å². The molecule has 0 fully saturated rings. The first-order valence-corrected chi connectivity index (χ1v) is 7.46. The molecule has 0 amide bonds. The molecule has 0 aliphatic carbocycles. The van der Waals surface area contributed by atoms with Crippen molar-refractivity contribution >= 4 is 30.2 Å². The van der Waals surface area contributed by atoms with Crippen LogP contribution in [-0.2, 0) is 0 Å². The summed E-state index contributed by atoms with van der Waals surface area (Å²) >= 11 is 7.01. The van der Waals surface area contributed by atoms with Gasteiger partial charge in [-0.05, 0) is 0 Å². The summed E-state index contributed by atoms with van der Waals surface area (Å²) in [5.41, 5.74) is -4.47. The molecule has 0 atom stereocenters. The molecule has 0 aliphatic heterocycles. The molecule has 0 saturated carbocycles. The van der Waals surface area contributed by atoms with Crippen molar-refractivity contribution < 1.29 is 14.3 Å². The molecule has 0 aromatic heterocycles. The van der Waals surface area contributed by atoms with E-state index >= 15 is 0 Å². The Kier molecular flexibility index (Phi) is 2.61. The van der Waals surface area contributed by atoms with Crippen LogP contribution in [0.15, 0.2) is 30.3 Å². The van der Waals surface area contributed by atoms with Crippen LogP contribution in [0.4, 0.5) is 0 Å². The monoisotopic (exact) mass is 224 g/mol. The third-order valence-electron chi connectivity index (χ3n) is 1.01. The van der Waals surface area contributed by atoms with Crippen LogP contribution in [0, 0.1) is 0 Å². The van der Waals surface area contributed by atoms with Crippen molar-refractivity contribution in [2.75, 3.05) is 0 Å². The first kappa shape index (κ1) is 10.2. The predicted molar refractivity (Wildman–Crippen MR) is 56.4 cm³/mol. The quantitative estimate of drug-likeness (QED) is 0.459. The number of rotatable bonds is 2. The van der Waals surface area contributed by atoms with Crippen LogP contribution in [-0.4, -0.2) is 9.79 Å². The van der Waals surface area contributed by atoms with Gasteiger partial charge in [-0.1, -0.05) is 0 Å². The summed E-state index contributed by atoms with van der Waals surface area (Å²) < 4.78 is 4.76. The number of para-hydroxylation sites is 1. The number of hydrogen-bond acceptors (Lipinski definition) is 5. The predicted octanol–water partition coefficient (Wildman–Crippen LogP) is 2.04. The molecule has 0 unspecified atom stereocenters. The molecule has 1 rings (SSSR count). The van der Waals surface area contributed by atoms with Gasteiger partial charge < -0.3 is 0 Å². The van der Waals surface area contributed by atoms with Gasteiger partial charge in [0.2, 0.25) is 0 Å². The minimum absolute atomic E-state index is 0.324. The van der Waals surface area contributed by atoms with Gasteiger partial charge >= 0.3 is 80.6 Å². The number of thiol groups is 2. The Morgan fingerprint density at radius 3 is 2.00 bits per heavy atom. The molecule has 0 spiro atoms. The summed E-state index contributed by atoms with van der Waals surface area (Å²) in [5, 5.41) is 0. The van der Waals surface area contributed by atoms with Crippen molar-refractivity contribution in [1.29, 1.82) is 0 Å². The summed E-state index contributed by atoms with van der Waals surface area (Å²) in [6, 6.07) is 8.37. The molecule has 3 nitrogen and oxygen atoms in total.